The van der Waals surface area contributed by atoms with Gasteiger partial charge in [-0.1, -0.05) is 19.1 Å². The largest absolute Gasteiger partial charge is 0.326 e. The van der Waals surface area contributed by atoms with Crippen molar-refractivity contribution in [3.8, 4) is 11.3 Å². The predicted octanol–water partition coefficient (Wildman–Crippen LogP) is 3.33. The van der Waals surface area contributed by atoms with E-state index >= 15 is 0 Å². The van der Waals surface area contributed by atoms with E-state index in [-0.39, 0.29) is 10.8 Å². The Labute approximate surface area is 179 Å². The molecule has 0 aliphatic heterocycles. The highest BCUT2D eigenvalue weighted by Gasteiger charge is 2.15. The highest BCUT2D eigenvalue weighted by Crippen LogP contribution is 2.24. The summed E-state index contributed by atoms with van der Waals surface area (Å²) in [5, 5.41) is 14.9. The molecule has 0 saturated heterocycles. The summed E-state index contributed by atoms with van der Waals surface area (Å²) in [7, 11) is -3.80. The zero-order valence-corrected chi connectivity index (χ0v) is 17.5. The number of anilines is 2. The number of fused-ring (bicyclic) bond motifs is 1. The molecule has 0 saturated carbocycles. The number of rotatable bonds is 7. The average Bonchev–Trinajstić information content (AvgIpc) is 3.22. The molecule has 0 aliphatic rings. The van der Waals surface area contributed by atoms with E-state index in [1.165, 1.54) is 18.5 Å². The highest BCUT2D eigenvalue weighted by atomic mass is 32.2. The molecule has 0 radical (unpaired) electrons. The number of aromatic nitrogens is 4. The molecule has 4 aromatic rings. The van der Waals surface area contributed by atoms with Gasteiger partial charge in [0.2, 0.25) is 5.91 Å². The van der Waals surface area contributed by atoms with Gasteiger partial charge in [0, 0.05) is 23.4 Å². The van der Waals surface area contributed by atoms with Crippen molar-refractivity contribution in [1.82, 2.24) is 19.8 Å². The van der Waals surface area contributed by atoms with Crippen LogP contribution in [0.5, 0.6) is 0 Å². The topological polar surface area (TPSA) is 118 Å². The number of hydrogen-bond donors (Lipinski definition) is 2. The number of carbonyl (C=O) groups is 1. The van der Waals surface area contributed by atoms with Gasteiger partial charge >= 0.3 is 0 Å². The van der Waals surface area contributed by atoms with Crippen molar-refractivity contribution in [3.05, 3.63) is 67.0 Å². The van der Waals surface area contributed by atoms with E-state index in [9.17, 15) is 13.2 Å². The first-order valence-electron chi connectivity index (χ1n) is 9.65. The smallest absolute Gasteiger partial charge is 0.261 e. The normalized spacial score (nSPS) is 11.4. The Balaban J connectivity index is 1.53. The molecule has 31 heavy (non-hydrogen) atoms. The molecular weight excluding hydrogens is 416 g/mol. The zero-order chi connectivity index (χ0) is 21.8. The van der Waals surface area contributed by atoms with Crippen LogP contribution in [0.4, 0.5) is 11.4 Å². The minimum atomic E-state index is -3.80. The average molecular weight is 436 g/mol. The highest BCUT2D eigenvalue weighted by molar-refractivity contribution is 7.92. The third-order valence-corrected chi connectivity index (χ3v) is 5.89. The number of carbonyl (C=O) groups excluding carboxylic acids is 1. The van der Waals surface area contributed by atoms with E-state index in [0.717, 1.165) is 12.0 Å². The van der Waals surface area contributed by atoms with E-state index in [1.54, 1.807) is 47.0 Å². The van der Waals surface area contributed by atoms with Crippen molar-refractivity contribution in [3.63, 3.8) is 0 Å². The summed E-state index contributed by atoms with van der Waals surface area (Å²) in [6.45, 7) is 1.92. The van der Waals surface area contributed by atoms with Gasteiger partial charge in [0.15, 0.2) is 5.65 Å². The first-order valence-corrected chi connectivity index (χ1v) is 11.1. The Morgan fingerprint density at radius 2 is 1.84 bits per heavy atom. The number of hydrogen-bond acceptors (Lipinski definition) is 6. The molecule has 2 heterocycles. The molecule has 2 N–H and O–H groups in total. The molecule has 1 amide bonds. The third kappa shape index (κ3) is 4.69. The van der Waals surface area contributed by atoms with Crippen LogP contribution in [0, 0.1) is 0 Å². The Bertz CT molecular complexity index is 1330. The fourth-order valence-corrected chi connectivity index (χ4v) is 4.06. The first-order chi connectivity index (χ1) is 14.9. The lowest BCUT2D eigenvalue weighted by molar-refractivity contribution is -0.116. The molecule has 0 unspecified atom stereocenters. The van der Waals surface area contributed by atoms with E-state index < -0.39 is 10.0 Å². The van der Waals surface area contributed by atoms with Crippen molar-refractivity contribution in [2.45, 2.75) is 24.7 Å². The Morgan fingerprint density at radius 1 is 1.03 bits per heavy atom. The number of sulfonamides is 1. The van der Waals surface area contributed by atoms with Gasteiger partial charge in [-0.15, -0.1) is 10.2 Å². The van der Waals surface area contributed by atoms with Crippen molar-refractivity contribution in [2.24, 2.45) is 0 Å². The SMILES string of the molecule is CCCC(=O)Nc1ccc(S(=O)(=O)Nc2cccc(-c3ccc4nncn4n3)c2)cc1. The Kier molecular flexibility index (Phi) is 5.63. The van der Waals surface area contributed by atoms with Gasteiger partial charge in [0.05, 0.1) is 10.6 Å². The van der Waals surface area contributed by atoms with Gasteiger partial charge < -0.3 is 5.32 Å². The van der Waals surface area contributed by atoms with E-state index in [1.807, 2.05) is 13.0 Å². The zero-order valence-electron chi connectivity index (χ0n) is 16.7. The van der Waals surface area contributed by atoms with Crippen LogP contribution >= 0.6 is 0 Å². The first kappa shape index (κ1) is 20.5. The summed E-state index contributed by atoms with van der Waals surface area (Å²) < 4.78 is 29.7. The van der Waals surface area contributed by atoms with Crippen LogP contribution in [0.25, 0.3) is 16.9 Å². The van der Waals surface area contributed by atoms with Crippen molar-refractivity contribution < 1.29 is 13.2 Å². The lowest BCUT2D eigenvalue weighted by atomic mass is 10.1. The molecule has 4 rings (SSSR count). The standard InChI is InChI=1S/C21H20N6O3S/c1-2-4-21(28)23-16-7-9-18(10-8-16)31(29,30)26-17-6-3-5-15(13-17)19-11-12-20-24-22-14-27(20)25-19/h3,5-14,26H,2,4H2,1H3,(H,23,28). The molecule has 9 nitrogen and oxygen atoms in total. The number of nitrogens with one attached hydrogen (secondary N) is 2. The van der Waals surface area contributed by atoms with Crippen molar-refractivity contribution in [2.75, 3.05) is 10.0 Å². The van der Waals surface area contributed by atoms with Gasteiger partial charge in [0.1, 0.15) is 6.33 Å². The van der Waals surface area contributed by atoms with Crippen LogP contribution in [0.15, 0.2) is 71.9 Å². The van der Waals surface area contributed by atoms with E-state index in [4.69, 9.17) is 0 Å². The molecule has 0 aliphatic carbocycles. The van der Waals surface area contributed by atoms with Gasteiger partial charge in [-0.3, -0.25) is 9.52 Å². The molecule has 2 aromatic heterocycles. The minimum Gasteiger partial charge on any atom is -0.326 e. The molecular formula is C21H20N6O3S. The second-order valence-corrected chi connectivity index (χ2v) is 8.54. The number of nitrogens with zero attached hydrogens (tertiary/aromatic N) is 4. The number of benzene rings is 2. The van der Waals surface area contributed by atoms with Crippen LogP contribution in [-0.2, 0) is 14.8 Å². The number of amides is 1. The van der Waals surface area contributed by atoms with Crippen LogP contribution < -0.4 is 10.0 Å². The molecule has 0 bridgehead atoms. The summed E-state index contributed by atoms with van der Waals surface area (Å²) in [4.78, 5) is 11.8. The summed E-state index contributed by atoms with van der Waals surface area (Å²) in [5.41, 5.74) is 2.97. The third-order valence-electron chi connectivity index (χ3n) is 4.50. The lowest BCUT2D eigenvalue weighted by Crippen LogP contribution is -2.14. The molecule has 0 fully saturated rings. The van der Waals surface area contributed by atoms with E-state index in [2.05, 4.69) is 25.3 Å². The Morgan fingerprint density at radius 3 is 2.61 bits per heavy atom. The van der Waals surface area contributed by atoms with Gasteiger partial charge in [-0.05, 0) is 55.0 Å². The molecule has 0 spiro atoms. The summed E-state index contributed by atoms with van der Waals surface area (Å²) >= 11 is 0. The second kappa shape index (κ2) is 8.52. The van der Waals surface area contributed by atoms with Crippen LogP contribution in [-0.4, -0.2) is 34.1 Å². The molecule has 10 heteroatoms. The van der Waals surface area contributed by atoms with Gasteiger partial charge in [-0.25, -0.2) is 8.42 Å². The maximum absolute atomic E-state index is 12.8. The maximum Gasteiger partial charge on any atom is 0.261 e. The Hall–Kier alpha value is -3.79. The quantitative estimate of drug-likeness (QED) is 0.459. The van der Waals surface area contributed by atoms with Crippen LogP contribution in [0.1, 0.15) is 19.8 Å². The summed E-state index contributed by atoms with van der Waals surface area (Å²) in [5.74, 6) is -0.105. The van der Waals surface area contributed by atoms with Crippen LogP contribution in [0.2, 0.25) is 0 Å². The molecule has 2 aromatic carbocycles. The molecule has 158 valence electrons. The van der Waals surface area contributed by atoms with Crippen molar-refractivity contribution >= 4 is 33.0 Å². The fourth-order valence-electron chi connectivity index (χ4n) is 3.01. The summed E-state index contributed by atoms with van der Waals surface area (Å²) in [6.07, 6.45) is 2.65. The maximum atomic E-state index is 12.8. The van der Waals surface area contributed by atoms with Gasteiger partial charge in [-0.2, -0.15) is 9.61 Å². The minimum absolute atomic E-state index is 0.0930. The lowest BCUT2D eigenvalue weighted by Gasteiger charge is -2.10. The van der Waals surface area contributed by atoms with Gasteiger partial charge in [0.25, 0.3) is 10.0 Å². The predicted molar refractivity (Wildman–Crippen MR) is 117 cm³/mol. The fraction of sp³-hybridized carbons (Fsp3) is 0.143. The van der Waals surface area contributed by atoms with Crippen LogP contribution in [0.3, 0.4) is 0 Å². The monoisotopic (exact) mass is 436 g/mol. The molecule has 0 atom stereocenters. The summed E-state index contributed by atoms with van der Waals surface area (Å²) in [6, 6.07) is 16.6. The second-order valence-electron chi connectivity index (χ2n) is 6.86. The van der Waals surface area contributed by atoms with E-state index in [0.29, 0.717) is 29.1 Å². The van der Waals surface area contributed by atoms with Crippen molar-refractivity contribution in [1.29, 1.82) is 0 Å².